The molecule has 28 heavy (non-hydrogen) atoms. The molecule has 0 fully saturated rings. The highest BCUT2D eigenvalue weighted by Gasteiger charge is 2.16. The number of aryl methyl sites for hydroxylation is 1. The quantitative estimate of drug-likeness (QED) is 0.546. The SMILES string of the molecule is Cc1cc(=O)[nH]c(-n2nc(-c3cccs3)cc2NC(=O)Cc2ccccc2)n1. The van der Waals surface area contributed by atoms with E-state index >= 15 is 0 Å². The van der Waals surface area contributed by atoms with Crippen LogP contribution in [0.4, 0.5) is 5.82 Å². The molecule has 140 valence electrons. The number of rotatable bonds is 5. The zero-order valence-electron chi connectivity index (χ0n) is 15.0. The first kappa shape index (κ1) is 17.9. The molecule has 4 rings (SSSR count). The number of carbonyl (C=O) groups is 1. The van der Waals surface area contributed by atoms with E-state index in [0.717, 1.165) is 10.4 Å². The van der Waals surface area contributed by atoms with Gasteiger partial charge in [0.2, 0.25) is 11.9 Å². The highest BCUT2D eigenvalue weighted by atomic mass is 32.1. The van der Waals surface area contributed by atoms with Crippen molar-refractivity contribution >= 4 is 23.1 Å². The normalized spacial score (nSPS) is 10.8. The van der Waals surface area contributed by atoms with E-state index < -0.39 is 0 Å². The van der Waals surface area contributed by atoms with Crippen molar-refractivity contribution in [3.63, 3.8) is 0 Å². The minimum atomic E-state index is -0.280. The van der Waals surface area contributed by atoms with Crippen molar-refractivity contribution in [1.82, 2.24) is 19.7 Å². The van der Waals surface area contributed by atoms with Crippen molar-refractivity contribution in [2.75, 3.05) is 5.32 Å². The first-order valence-electron chi connectivity index (χ1n) is 8.64. The third kappa shape index (κ3) is 3.91. The minimum Gasteiger partial charge on any atom is -0.310 e. The minimum absolute atomic E-state index is 0.180. The second-order valence-electron chi connectivity index (χ2n) is 6.22. The molecule has 0 aliphatic heterocycles. The van der Waals surface area contributed by atoms with Crippen LogP contribution < -0.4 is 10.9 Å². The van der Waals surface area contributed by atoms with Crippen LogP contribution in [-0.4, -0.2) is 25.7 Å². The molecule has 1 amide bonds. The van der Waals surface area contributed by atoms with E-state index in [2.05, 4.69) is 20.4 Å². The van der Waals surface area contributed by atoms with E-state index in [-0.39, 0.29) is 23.8 Å². The predicted octanol–water partition coefficient (Wildman–Crippen LogP) is 3.17. The lowest BCUT2D eigenvalue weighted by Gasteiger charge is -2.08. The number of anilines is 1. The second kappa shape index (κ2) is 7.61. The highest BCUT2D eigenvalue weighted by molar-refractivity contribution is 7.13. The average molecular weight is 391 g/mol. The smallest absolute Gasteiger partial charge is 0.252 e. The number of benzene rings is 1. The number of thiophene rings is 1. The van der Waals surface area contributed by atoms with Gasteiger partial charge in [-0.05, 0) is 23.9 Å². The number of H-pyrrole nitrogens is 1. The van der Waals surface area contributed by atoms with Crippen LogP contribution in [0.25, 0.3) is 16.5 Å². The lowest BCUT2D eigenvalue weighted by atomic mass is 10.1. The van der Waals surface area contributed by atoms with Gasteiger partial charge in [0.15, 0.2) is 0 Å². The van der Waals surface area contributed by atoms with Gasteiger partial charge in [0.25, 0.3) is 5.56 Å². The summed E-state index contributed by atoms with van der Waals surface area (Å²) in [5, 5.41) is 9.38. The molecular formula is C20H17N5O2S. The van der Waals surface area contributed by atoms with Crippen molar-refractivity contribution in [2.45, 2.75) is 13.3 Å². The van der Waals surface area contributed by atoms with Crippen molar-refractivity contribution < 1.29 is 4.79 Å². The molecule has 0 unspecified atom stereocenters. The van der Waals surface area contributed by atoms with Crippen LogP contribution in [0.2, 0.25) is 0 Å². The summed E-state index contributed by atoms with van der Waals surface area (Å²) in [4.78, 5) is 32.4. The maximum absolute atomic E-state index is 12.6. The number of carbonyl (C=O) groups excluding carboxylic acids is 1. The van der Waals surface area contributed by atoms with Crippen molar-refractivity contribution in [2.24, 2.45) is 0 Å². The van der Waals surface area contributed by atoms with E-state index in [9.17, 15) is 9.59 Å². The summed E-state index contributed by atoms with van der Waals surface area (Å²) < 4.78 is 1.45. The van der Waals surface area contributed by atoms with E-state index in [1.165, 1.54) is 10.7 Å². The Kier molecular flexibility index (Phi) is 4.86. The number of aromatic amines is 1. The predicted molar refractivity (Wildman–Crippen MR) is 109 cm³/mol. The molecule has 0 aliphatic rings. The number of aromatic nitrogens is 4. The Morgan fingerprint density at radius 2 is 2.00 bits per heavy atom. The topological polar surface area (TPSA) is 92.7 Å². The Labute approximate surface area is 164 Å². The molecule has 0 spiro atoms. The molecule has 0 aliphatic carbocycles. The van der Waals surface area contributed by atoms with Crippen LogP contribution >= 0.6 is 11.3 Å². The fourth-order valence-corrected chi connectivity index (χ4v) is 3.49. The Morgan fingerprint density at radius 1 is 1.18 bits per heavy atom. The van der Waals surface area contributed by atoms with Crippen molar-refractivity contribution in [3.05, 3.63) is 81.6 Å². The lowest BCUT2D eigenvalue weighted by molar-refractivity contribution is -0.115. The van der Waals surface area contributed by atoms with Gasteiger partial charge >= 0.3 is 0 Å². The molecule has 0 atom stereocenters. The van der Waals surface area contributed by atoms with Gasteiger partial charge in [0, 0.05) is 17.8 Å². The van der Waals surface area contributed by atoms with E-state index in [1.807, 2.05) is 47.8 Å². The van der Waals surface area contributed by atoms with Crippen LogP contribution in [-0.2, 0) is 11.2 Å². The van der Waals surface area contributed by atoms with Gasteiger partial charge in [-0.3, -0.25) is 14.6 Å². The molecule has 7 nitrogen and oxygen atoms in total. The van der Waals surface area contributed by atoms with Crippen LogP contribution in [0.1, 0.15) is 11.3 Å². The highest BCUT2D eigenvalue weighted by Crippen LogP contribution is 2.27. The van der Waals surface area contributed by atoms with Crippen molar-refractivity contribution in [3.8, 4) is 16.5 Å². The van der Waals surface area contributed by atoms with Gasteiger partial charge in [-0.2, -0.15) is 9.78 Å². The summed E-state index contributed by atoms with van der Waals surface area (Å²) in [5.74, 6) is 0.515. The molecule has 1 aromatic carbocycles. The van der Waals surface area contributed by atoms with Crippen LogP contribution in [0, 0.1) is 6.92 Å². The fraction of sp³-hybridized carbons (Fsp3) is 0.100. The van der Waals surface area contributed by atoms with Gasteiger partial charge in [-0.25, -0.2) is 4.98 Å². The van der Waals surface area contributed by atoms with Gasteiger partial charge in [-0.1, -0.05) is 36.4 Å². The molecular weight excluding hydrogens is 374 g/mol. The molecule has 8 heteroatoms. The number of nitrogens with one attached hydrogen (secondary N) is 2. The van der Waals surface area contributed by atoms with Gasteiger partial charge in [-0.15, -0.1) is 11.3 Å². The number of amides is 1. The lowest BCUT2D eigenvalue weighted by Crippen LogP contribution is -2.19. The van der Waals surface area contributed by atoms with Crippen LogP contribution in [0.3, 0.4) is 0 Å². The zero-order valence-corrected chi connectivity index (χ0v) is 15.9. The first-order valence-corrected chi connectivity index (χ1v) is 9.52. The van der Waals surface area contributed by atoms with E-state index in [4.69, 9.17) is 0 Å². The van der Waals surface area contributed by atoms with Gasteiger partial charge in [0.1, 0.15) is 11.5 Å². The first-order chi connectivity index (χ1) is 13.6. The summed E-state index contributed by atoms with van der Waals surface area (Å²) in [6, 6.07) is 16.5. The Hall–Kier alpha value is -3.52. The summed E-state index contributed by atoms with van der Waals surface area (Å²) in [6.45, 7) is 1.73. The molecule has 0 bridgehead atoms. The third-order valence-electron chi connectivity index (χ3n) is 4.02. The van der Waals surface area contributed by atoms with Crippen molar-refractivity contribution in [1.29, 1.82) is 0 Å². The maximum Gasteiger partial charge on any atom is 0.252 e. The monoisotopic (exact) mass is 391 g/mol. The number of nitrogens with zero attached hydrogens (tertiary/aromatic N) is 3. The average Bonchev–Trinajstić information content (AvgIpc) is 3.31. The van der Waals surface area contributed by atoms with Gasteiger partial charge < -0.3 is 5.32 Å². The summed E-state index contributed by atoms with van der Waals surface area (Å²) in [5.41, 5.74) is 1.88. The third-order valence-corrected chi connectivity index (χ3v) is 4.91. The van der Waals surface area contributed by atoms with E-state index in [0.29, 0.717) is 17.2 Å². The maximum atomic E-state index is 12.6. The van der Waals surface area contributed by atoms with Crippen LogP contribution in [0.15, 0.2) is 64.8 Å². The summed E-state index contributed by atoms with van der Waals surface area (Å²) >= 11 is 1.54. The second-order valence-corrected chi connectivity index (χ2v) is 7.17. The number of hydrogen-bond acceptors (Lipinski definition) is 5. The standard InChI is InChI=1S/C20H17N5O2S/c1-13-10-18(26)23-20(21-13)25-17(12-15(24-25)16-8-5-9-28-16)22-19(27)11-14-6-3-2-4-7-14/h2-10,12H,11H2,1H3,(H,22,27)(H,21,23,26). The van der Waals surface area contributed by atoms with Crippen LogP contribution in [0.5, 0.6) is 0 Å². The molecule has 0 saturated heterocycles. The molecule has 2 N–H and O–H groups in total. The summed E-state index contributed by atoms with van der Waals surface area (Å²) in [6.07, 6.45) is 0.234. The Balaban J connectivity index is 1.70. The fourth-order valence-electron chi connectivity index (χ4n) is 2.81. The van der Waals surface area contributed by atoms with Gasteiger partial charge in [0.05, 0.1) is 11.3 Å². The largest absolute Gasteiger partial charge is 0.310 e. The number of hydrogen-bond donors (Lipinski definition) is 2. The molecule has 3 heterocycles. The summed E-state index contributed by atoms with van der Waals surface area (Å²) in [7, 11) is 0. The molecule has 3 aromatic heterocycles. The van der Waals surface area contributed by atoms with E-state index in [1.54, 1.807) is 24.3 Å². The molecule has 0 radical (unpaired) electrons. The molecule has 0 saturated carbocycles. The Morgan fingerprint density at radius 3 is 2.71 bits per heavy atom. The zero-order chi connectivity index (χ0) is 19.5. The molecule has 4 aromatic rings. The Bertz CT molecular complexity index is 1160.